The monoisotopic (exact) mass is 239 g/mol. The Morgan fingerprint density at radius 1 is 1.62 bits per heavy atom. The van der Waals surface area contributed by atoms with Crippen molar-refractivity contribution in [3.63, 3.8) is 0 Å². The Bertz CT molecular complexity index is 397. The first kappa shape index (κ1) is 11.4. The van der Waals surface area contributed by atoms with Crippen LogP contribution in [-0.4, -0.2) is 16.9 Å². The number of carbonyl (C=O) groups excluding carboxylic acids is 1. The summed E-state index contributed by atoms with van der Waals surface area (Å²) in [5, 5.41) is 6.68. The third kappa shape index (κ3) is 2.51. The van der Waals surface area contributed by atoms with Gasteiger partial charge in [0.05, 0.1) is 0 Å². The van der Waals surface area contributed by atoms with Gasteiger partial charge in [-0.05, 0) is 24.1 Å². The fourth-order valence-corrected chi connectivity index (χ4v) is 2.00. The third-order valence-electron chi connectivity index (χ3n) is 2.72. The molecule has 1 aliphatic rings. The van der Waals surface area contributed by atoms with Gasteiger partial charge in [-0.1, -0.05) is 18.5 Å². The van der Waals surface area contributed by atoms with Gasteiger partial charge in [0.25, 0.3) is 0 Å². The average molecular weight is 240 g/mol. The Balaban J connectivity index is 2.17. The van der Waals surface area contributed by atoms with E-state index in [9.17, 15) is 4.79 Å². The number of halogens is 1. The Morgan fingerprint density at radius 3 is 3.12 bits per heavy atom. The lowest BCUT2D eigenvalue weighted by atomic mass is 10.1. The second-order valence-electron chi connectivity index (χ2n) is 3.89. The zero-order chi connectivity index (χ0) is 11.5. The van der Waals surface area contributed by atoms with Crippen LogP contribution in [0.1, 0.15) is 31.5 Å². The first-order valence-corrected chi connectivity index (χ1v) is 5.73. The van der Waals surface area contributed by atoms with Crippen LogP contribution in [0.15, 0.2) is 18.3 Å². The molecule has 16 heavy (non-hydrogen) atoms. The number of aromatic nitrogens is 1. The van der Waals surface area contributed by atoms with E-state index in [-0.39, 0.29) is 18.1 Å². The van der Waals surface area contributed by atoms with Crippen molar-refractivity contribution >= 4 is 17.5 Å². The van der Waals surface area contributed by atoms with Crippen LogP contribution in [0.5, 0.6) is 0 Å². The highest BCUT2D eigenvalue weighted by Gasteiger charge is 2.25. The SMILES string of the molecule is CCC1CC(=O)NC(c2ccnc(Cl)c2)N1. The molecule has 0 aromatic carbocycles. The maximum absolute atomic E-state index is 11.5. The summed E-state index contributed by atoms with van der Waals surface area (Å²) < 4.78 is 0. The molecule has 2 atom stereocenters. The molecule has 1 aromatic rings. The molecule has 2 N–H and O–H groups in total. The molecule has 2 heterocycles. The minimum Gasteiger partial charge on any atom is -0.337 e. The van der Waals surface area contributed by atoms with Crippen LogP contribution in [0.3, 0.4) is 0 Å². The van der Waals surface area contributed by atoms with Gasteiger partial charge in [-0.2, -0.15) is 0 Å². The molecule has 86 valence electrons. The Labute approximate surface area is 99.4 Å². The Hall–Kier alpha value is -1.13. The van der Waals surface area contributed by atoms with Crippen LogP contribution in [0, 0.1) is 0 Å². The van der Waals surface area contributed by atoms with Crippen molar-refractivity contribution in [3.8, 4) is 0 Å². The summed E-state index contributed by atoms with van der Waals surface area (Å²) >= 11 is 5.82. The highest BCUT2D eigenvalue weighted by atomic mass is 35.5. The Kier molecular flexibility index (Phi) is 3.41. The van der Waals surface area contributed by atoms with E-state index in [1.807, 2.05) is 6.07 Å². The van der Waals surface area contributed by atoms with E-state index < -0.39 is 0 Å². The first-order chi connectivity index (χ1) is 7.69. The zero-order valence-electron chi connectivity index (χ0n) is 9.03. The van der Waals surface area contributed by atoms with Gasteiger partial charge < -0.3 is 5.32 Å². The predicted octanol–water partition coefficient (Wildman–Crippen LogP) is 1.62. The van der Waals surface area contributed by atoms with Crippen molar-refractivity contribution in [2.45, 2.75) is 32.0 Å². The van der Waals surface area contributed by atoms with Crippen molar-refractivity contribution in [3.05, 3.63) is 29.0 Å². The molecule has 2 unspecified atom stereocenters. The van der Waals surface area contributed by atoms with E-state index in [2.05, 4.69) is 22.5 Å². The Morgan fingerprint density at radius 2 is 2.44 bits per heavy atom. The van der Waals surface area contributed by atoms with Gasteiger partial charge in [0.1, 0.15) is 11.3 Å². The summed E-state index contributed by atoms with van der Waals surface area (Å²) in [5.41, 5.74) is 0.937. The summed E-state index contributed by atoms with van der Waals surface area (Å²) in [6.07, 6.45) is 2.95. The van der Waals surface area contributed by atoms with E-state index in [1.165, 1.54) is 0 Å². The highest BCUT2D eigenvalue weighted by Crippen LogP contribution is 2.18. The van der Waals surface area contributed by atoms with E-state index in [4.69, 9.17) is 11.6 Å². The van der Waals surface area contributed by atoms with Crippen molar-refractivity contribution in [1.29, 1.82) is 0 Å². The minimum atomic E-state index is -0.160. The number of pyridine rings is 1. The molecule has 1 aliphatic heterocycles. The van der Waals surface area contributed by atoms with Crippen LogP contribution in [0.2, 0.25) is 5.15 Å². The van der Waals surface area contributed by atoms with Crippen LogP contribution >= 0.6 is 11.6 Å². The molecule has 1 amide bonds. The third-order valence-corrected chi connectivity index (χ3v) is 2.92. The number of nitrogens with zero attached hydrogens (tertiary/aromatic N) is 1. The lowest BCUT2D eigenvalue weighted by molar-refractivity contribution is -0.124. The number of hydrogen-bond acceptors (Lipinski definition) is 3. The summed E-state index contributed by atoms with van der Waals surface area (Å²) in [6, 6.07) is 3.84. The number of carbonyl (C=O) groups is 1. The number of rotatable bonds is 2. The number of hydrogen-bond donors (Lipinski definition) is 2. The topological polar surface area (TPSA) is 54.0 Å². The van der Waals surface area contributed by atoms with Gasteiger partial charge >= 0.3 is 0 Å². The molecular formula is C11H14ClN3O. The normalized spacial score (nSPS) is 25.2. The van der Waals surface area contributed by atoms with Crippen LogP contribution < -0.4 is 10.6 Å². The molecule has 0 bridgehead atoms. The van der Waals surface area contributed by atoms with Crippen molar-refractivity contribution in [2.24, 2.45) is 0 Å². The van der Waals surface area contributed by atoms with E-state index in [0.29, 0.717) is 11.6 Å². The molecule has 0 radical (unpaired) electrons. The summed E-state index contributed by atoms with van der Waals surface area (Å²) in [5.74, 6) is 0.0727. The lowest BCUT2D eigenvalue weighted by Crippen LogP contribution is -2.50. The summed E-state index contributed by atoms with van der Waals surface area (Å²) in [6.45, 7) is 2.06. The second-order valence-corrected chi connectivity index (χ2v) is 4.28. The van der Waals surface area contributed by atoms with Gasteiger partial charge in [-0.25, -0.2) is 4.98 Å². The smallest absolute Gasteiger partial charge is 0.223 e. The fraction of sp³-hybridized carbons (Fsp3) is 0.455. The van der Waals surface area contributed by atoms with Crippen molar-refractivity contribution in [2.75, 3.05) is 0 Å². The maximum atomic E-state index is 11.5. The van der Waals surface area contributed by atoms with Crippen LogP contribution in [-0.2, 0) is 4.79 Å². The van der Waals surface area contributed by atoms with E-state index in [1.54, 1.807) is 12.3 Å². The molecule has 1 saturated heterocycles. The van der Waals surface area contributed by atoms with Gasteiger partial charge in [0.15, 0.2) is 0 Å². The molecule has 1 aromatic heterocycles. The molecule has 0 spiro atoms. The molecular weight excluding hydrogens is 226 g/mol. The molecule has 0 aliphatic carbocycles. The zero-order valence-corrected chi connectivity index (χ0v) is 9.79. The number of nitrogens with one attached hydrogen (secondary N) is 2. The molecule has 0 saturated carbocycles. The van der Waals surface area contributed by atoms with Crippen molar-refractivity contribution in [1.82, 2.24) is 15.6 Å². The predicted molar refractivity (Wildman–Crippen MR) is 62.0 cm³/mol. The van der Waals surface area contributed by atoms with Crippen molar-refractivity contribution < 1.29 is 4.79 Å². The minimum absolute atomic E-state index is 0.0727. The maximum Gasteiger partial charge on any atom is 0.223 e. The largest absolute Gasteiger partial charge is 0.337 e. The van der Waals surface area contributed by atoms with Gasteiger partial charge in [0, 0.05) is 18.7 Å². The first-order valence-electron chi connectivity index (χ1n) is 5.36. The van der Waals surface area contributed by atoms with E-state index in [0.717, 1.165) is 12.0 Å². The molecule has 1 fully saturated rings. The van der Waals surface area contributed by atoms with Gasteiger partial charge in [-0.3, -0.25) is 10.1 Å². The summed E-state index contributed by atoms with van der Waals surface area (Å²) in [7, 11) is 0. The molecule has 5 heteroatoms. The molecule has 2 rings (SSSR count). The lowest BCUT2D eigenvalue weighted by Gasteiger charge is -2.31. The standard InChI is InChI=1S/C11H14ClN3O/c1-2-8-6-10(16)15-11(14-8)7-3-4-13-9(12)5-7/h3-5,8,11,14H,2,6H2,1H3,(H,15,16). The summed E-state index contributed by atoms with van der Waals surface area (Å²) in [4.78, 5) is 15.4. The van der Waals surface area contributed by atoms with Gasteiger partial charge in [-0.15, -0.1) is 0 Å². The van der Waals surface area contributed by atoms with Crippen LogP contribution in [0.25, 0.3) is 0 Å². The highest BCUT2D eigenvalue weighted by molar-refractivity contribution is 6.29. The fourth-order valence-electron chi connectivity index (χ4n) is 1.82. The second kappa shape index (κ2) is 4.80. The number of amides is 1. The average Bonchev–Trinajstić information content (AvgIpc) is 2.28. The van der Waals surface area contributed by atoms with Gasteiger partial charge in [0.2, 0.25) is 5.91 Å². The quantitative estimate of drug-likeness (QED) is 0.772. The van der Waals surface area contributed by atoms with Crippen LogP contribution in [0.4, 0.5) is 0 Å². The molecule has 4 nitrogen and oxygen atoms in total. The van der Waals surface area contributed by atoms with E-state index >= 15 is 0 Å².